The van der Waals surface area contributed by atoms with Crippen molar-refractivity contribution in [3.63, 3.8) is 0 Å². The number of fused-ring (bicyclic) bond motifs is 1. The third kappa shape index (κ3) is 0.982. The van der Waals surface area contributed by atoms with Gasteiger partial charge in [0.2, 0.25) is 5.82 Å². The van der Waals surface area contributed by atoms with Crippen LogP contribution in [0.1, 0.15) is 0 Å². The summed E-state index contributed by atoms with van der Waals surface area (Å²) in [4.78, 5) is 18.6. The van der Waals surface area contributed by atoms with E-state index in [-0.39, 0.29) is 25.0 Å². The zero-order chi connectivity index (χ0) is 11.3. The first kappa shape index (κ1) is 8.91. The summed E-state index contributed by atoms with van der Waals surface area (Å²) in [5, 5.41) is 26.9. The van der Waals surface area contributed by atoms with E-state index in [1.807, 2.05) is 0 Å². The average Bonchev–Trinajstić information content (AvgIpc) is 2.83. The quantitative estimate of drug-likeness (QED) is 0.357. The second-order valence-corrected chi connectivity index (χ2v) is 3.24. The lowest BCUT2D eigenvalue weighted by Gasteiger charge is -2.25. The van der Waals surface area contributed by atoms with Gasteiger partial charge in [-0.15, -0.1) is 0 Å². The monoisotopic (exact) mass is 225 g/mol. The minimum Gasteiger partial charge on any atom is -0.346 e. The highest BCUT2D eigenvalue weighted by Gasteiger charge is 2.42. The maximum atomic E-state index is 10.7. The molecule has 0 fully saturated rings. The molecule has 0 aromatic heterocycles. The predicted octanol–water partition coefficient (Wildman–Crippen LogP) is -1.77. The lowest BCUT2D eigenvalue weighted by Crippen LogP contribution is -2.49. The maximum absolute atomic E-state index is 10.7. The van der Waals surface area contributed by atoms with E-state index in [1.165, 1.54) is 0 Å². The van der Waals surface area contributed by atoms with Gasteiger partial charge in [0.05, 0.1) is 0 Å². The SMILES string of the molecule is O=[N+]([O-])N1CNC2=C1N(O)C1=NCN=C1N2. The highest BCUT2D eigenvalue weighted by Crippen LogP contribution is 2.22. The van der Waals surface area contributed by atoms with Gasteiger partial charge in [-0.3, -0.25) is 5.21 Å². The molecular weight excluding hydrogens is 218 g/mol. The molecule has 0 spiro atoms. The van der Waals surface area contributed by atoms with Crippen molar-refractivity contribution in [3.8, 4) is 0 Å². The van der Waals surface area contributed by atoms with Gasteiger partial charge in [0.1, 0.15) is 6.67 Å². The van der Waals surface area contributed by atoms with Crippen LogP contribution in [-0.2, 0) is 0 Å². The Bertz CT molecular complexity index is 467. The fourth-order valence-electron chi connectivity index (χ4n) is 1.69. The predicted molar refractivity (Wildman–Crippen MR) is 50.4 cm³/mol. The normalized spacial score (nSPS) is 22.1. The van der Waals surface area contributed by atoms with Crippen LogP contribution in [0.25, 0.3) is 0 Å². The third-order valence-corrected chi connectivity index (χ3v) is 2.38. The maximum Gasteiger partial charge on any atom is 0.243 e. The number of amidine groups is 2. The van der Waals surface area contributed by atoms with Crippen molar-refractivity contribution in [1.29, 1.82) is 0 Å². The second-order valence-electron chi connectivity index (χ2n) is 3.24. The van der Waals surface area contributed by atoms with Crippen molar-refractivity contribution >= 4 is 11.7 Å². The zero-order valence-corrected chi connectivity index (χ0v) is 7.91. The minimum absolute atomic E-state index is 0.0181. The molecule has 0 atom stereocenters. The van der Waals surface area contributed by atoms with Gasteiger partial charge in [-0.1, -0.05) is 5.01 Å². The Morgan fingerprint density at radius 1 is 1.50 bits per heavy atom. The van der Waals surface area contributed by atoms with Crippen molar-refractivity contribution in [1.82, 2.24) is 20.7 Å². The van der Waals surface area contributed by atoms with Crippen LogP contribution < -0.4 is 10.6 Å². The molecule has 10 heteroatoms. The summed E-state index contributed by atoms with van der Waals surface area (Å²) in [6, 6.07) is 0. The van der Waals surface area contributed by atoms with Gasteiger partial charge in [0, 0.05) is 0 Å². The number of rotatable bonds is 1. The van der Waals surface area contributed by atoms with Crippen LogP contribution in [0, 0.1) is 10.1 Å². The first-order valence-corrected chi connectivity index (χ1v) is 4.44. The fraction of sp³-hybridized carbons (Fsp3) is 0.333. The molecule has 0 radical (unpaired) electrons. The molecule has 84 valence electrons. The van der Waals surface area contributed by atoms with E-state index in [0.717, 1.165) is 5.01 Å². The molecule has 0 unspecified atom stereocenters. The number of hydrazine groups is 1. The van der Waals surface area contributed by atoms with Crippen molar-refractivity contribution in [2.45, 2.75) is 0 Å². The summed E-state index contributed by atoms with van der Waals surface area (Å²) >= 11 is 0. The summed E-state index contributed by atoms with van der Waals surface area (Å²) in [6.45, 7) is 0.177. The first-order valence-electron chi connectivity index (χ1n) is 4.44. The van der Waals surface area contributed by atoms with Gasteiger partial charge in [-0.25, -0.2) is 20.1 Å². The molecule has 10 nitrogen and oxygen atoms in total. The van der Waals surface area contributed by atoms with Gasteiger partial charge in [0.15, 0.2) is 29.2 Å². The van der Waals surface area contributed by atoms with Gasteiger partial charge < -0.3 is 10.6 Å². The number of hydroxylamine groups is 2. The highest BCUT2D eigenvalue weighted by atomic mass is 16.7. The lowest BCUT2D eigenvalue weighted by atomic mass is 10.4. The summed E-state index contributed by atoms with van der Waals surface area (Å²) in [7, 11) is 0. The van der Waals surface area contributed by atoms with Gasteiger partial charge in [-0.2, -0.15) is 5.06 Å². The van der Waals surface area contributed by atoms with E-state index in [2.05, 4.69) is 20.6 Å². The Kier molecular flexibility index (Phi) is 1.57. The van der Waals surface area contributed by atoms with E-state index in [1.54, 1.807) is 0 Å². The van der Waals surface area contributed by atoms with Crippen LogP contribution >= 0.6 is 0 Å². The third-order valence-electron chi connectivity index (χ3n) is 2.38. The standard InChI is InChI=1S/C6H7N7O3/c14-12-5-3(7-1-8-5)10-4-6(12)11(2-9-4)13(15)16/h9,14H,1-2H2,(H,7,10). The molecule has 3 rings (SSSR count). The first-order chi connectivity index (χ1) is 7.68. The van der Waals surface area contributed by atoms with Crippen LogP contribution in [-0.4, -0.2) is 45.3 Å². The van der Waals surface area contributed by atoms with Crippen LogP contribution in [0.2, 0.25) is 0 Å². The number of nitro groups is 1. The molecule has 0 aromatic carbocycles. The van der Waals surface area contributed by atoms with Crippen LogP contribution in [0.4, 0.5) is 0 Å². The molecule has 0 aliphatic carbocycles. The Labute approximate surface area is 88.6 Å². The molecule has 0 saturated carbocycles. The second kappa shape index (κ2) is 2.82. The number of nitrogens with zero attached hydrogens (tertiary/aromatic N) is 5. The van der Waals surface area contributed by atoms with Crippen LogP contribution in [0.5, 0.6) is 0 Å². The number of aliphatic imine (C=N–C) groups is 2. The van der Waals surface area contributed by atoms with Gasteiger partial charge >= 0.3 is 0 Å². The number of hydrogen-bond acceptors (Lipinski definition) is 8. The minimum atomic E-state index is -0.613. The smallest absolute Gasteiger partial charge is 0.243 e. The van der Waals surface area contributed by atoms with Crippen molar-refractivity contribution in [2.75, 3.05) is 13.3 Å². The number of hydrogen-bond donors (Lipinski definition) is 3. The summed E-state index contributed by atoms with van der Waals surface area (Å²) in [6.07, 6.45) is 0. The highest BCUT2D eigenvalue weighted by molar-refractivity contribution is 6.42. The molecule has 0 amide bonds. The Morgan fingerprint density at radius 2 is 2.31 bits per heavy atom. The Morgan fingerprint density at radius 3 is 3.06 bits per heavy atom. The van der Waals surface area contributed by atoms with Crippen molar-refractivity contribution in [3.05, 3.63) is 21.8 Å². The van der Waals surface area contributed by atoms with Gasteiger partial charge in [0.25, 0.3) is 0 Å². The Balaban J connectivity index is 2.04. The average molecular weight is 225 g/mol. The zero-order valence-electron chi connectivity index (χ0n) is 7.91. The van der Waals surface area contributed by atoms with Crippen LogP contribution in [0.15, 0.2) is 21.6 Å². The molecule has 0 bridgehead atoms. The van der Waals surface area contributed by atoms with Crippen molar-refractivity contribution in [2.24, 2.45) is 9.98 Å². The topological polar surface area (TPSA) is 119 Å². The summed E-state index contributed by atoms with van der Waals surface area (Å²) in [5.74, 6) is 0.955. The molecule has 3 aliphatic heterocycles. The van der Waals surface area contributed by atoms with Gasteiger partial charge in [-0.05, 0) is 0 Å². The summed E-state index contributed by atoms with van der Waals surface area (Å²) in [5.41, 5.74) is 0. The van der Waals surface area contributed by atoms with Crippen LogP contribution in [0.3, 0.4) is 0 Å². The van der Waals surface area contributed by atoms with E-state index in [4.69, 9.17) is 0 Å². The molecule has 3 heterocycles. The van der Waals surface area contributed by atoms with E-state index >= 15 is 0 Å². The molecule has 0 aromatic rings. The fourth-order valence-corrected chi connectivity index (χ4v) is 1.69. The van der Waals surface area contributed by atoms with E-state index < -0.39 is 5.03 Å². The number of nitrogens with one attached hydrogen (secondary N) is 2. The molecule has 16 heavy (non-hydrogen) atoms. The van der Waals surface area contributed by atoms with Crippen molar-refractivity contribution < 1.29 is 10.2 Å². The lowest BCUT2D eigenvalue weighted by molar-refractivity contribution is -0.646. The summed E-state index contributed by atoms with van der Waals surface area (Å²) < 4.78 is 0. The Hall–Kier alpha value is -2.36. The molecule has 3 N–H and O–H groups in total. The largest absolute Gasteiger partial charge is 0.346 e. The van der Waals surface area contributed by atoms with E-state index in [0.29, 0.717) is 16.7 Å². The van der Waals surface area contributed by atoms with E-state index in [9.17, 15) is 15.3 Å². The molecular formula is C6H7N7O3. The molecule has 0 saturated heterocycles. The molecule has 3 aliphatic rings.